The molecule has 0 aliphatic rings. The van der Waals surface area contributed by atoms with Crippen LogP contribution in [0.4, 0.5) is 0 Å². The molecule has 0 radical (unpaired) electrons. The molecule has 0 atom stereocenters. The van der Waals surface area contributed by atoms with Crippen molar-refractivity contribution < 1.29 is 0 Å². The Labute approximate surface area is 472 Å². The fraction of sp³-hybridized carbons (Fsp3) is 0.121. The molecule has 0 spiro atoms. The van der Waals surface area contributed by atoms with Crippen LogP contribution in [0.1, 0.15) is 44.5 Å². The van der Waals surface area contributed by atoms with Crippen molar-refractivity contribution in [3.05, 3.63) is 287 Å². The highest BCUT2D eigenvalue weighted by Crippen LogP contribution is 2.60. The molecule has 0 heterocycles. The first-order valence-electron chi connectivity index (χ1n) is 24.8. The number of hydrogen-bond donors (Lipinski definition) is 0. The van der Waals surface area contributed by atoms with Crippen molar-refractivity contribution in [1.29, 1.82) is 0 Å². The SMILES string of the molecule is c1ccc(CSc2c(SCc3ccccc3)c(SCc3ccccc3)c3c(SCc4ccccc4)c(SCc4ccccc4)c(SCc4ccccc4)c(SCc4ccccc4)c3c2SCc2ccccc2)cc1. The van der Waals surface area contributed by atoms with E-state index in [9.17, 15) is 0 Å². The number of rotatable bonds is 24. The Morgan fingerprint density at radius 1 is 0.149 bits per heavy atom. The maximum atomic E-state index is 2.30. The third-order valence-corrected chi connectivity index (χ3v) is 22.4. The molecule has 0 aliphatic heterocycles. The largest absolute Gasteiger partial charge is 0.119 e. The minimum absolute atomic E-state index is 0.862. The van der Waals surface area contributed by atoms with Crippen LogP contribution in [-0.2, 0) is 46.0 Å². The molecule has 0 bridgehead atoms. The Kier molecular flexibility index (Phi) is 19.8. The molecule has 10 aromatic rings. The molecule has 0 saturated heterocycles. The summed E-state index contributed by atoms with van der Waals surface area (Å²) in [5.74, 6) is 6.93. The predicted molar refractivity (Wildman–Crippen MR) is 332 cm³/mol. The van der Waals surface area contributed by atoms with E-state index in [0.29, 0.717) is 0 Å². The van der Waals surface area contributed by atoms with E-state index in [1.165, 1.54) is 94.4 Å². The first-order valence-corrected chi connectivity index (χ1v) is 32.7. The van der Waals surface area contributed by atoms with Gasteiger partial charge in [-0.15, -0.1) is 94.1 Å². The minimum atomic E-state index is 0.862. The second-order valence-electron chi connectivity index (χ2n) is 17.6. The van der Waals surface area contributed by atoms with Crippen LogP contribution in [0, 0.1) is 0 Å². The lowest BCUT2D eigenvalue weighted by Crippen LogP contribution is -2.02. The molecule has 0 amide bonds. The Morgan fingerprint density at radius 2 is 0.270 bits per heavy atom. The number of benzene rings is 10. The van der Waals surface area contributed by atoms with Crippen molar-refractivity contribution in [2.45, 2.75) is 85.2 Å². The molecule has 10 aromatic carbocycles. The molecule has 0 fully saturated rings. The van der Waals surface area contributed by atoms with E-state index in [4.69, 9.17) is 0 Å². The normalized spacial score (nSPS) is 11.3. The quantitative estimate of drug-likeness (QED) is 0.0542. The molecule has 0 nitrogen and oxygen atoms in total. The Balaban J connectivity index is 1.32. The molecule has 0 saturated carbocycles. The van der Waals surface area contributed by atoms with Gasteiger partial charge in [-0.3, -0.25) is 0 Å². The lowest BCUT2D eigenvalue weighted by molar-refractivity contribution is 0.994. The van der Waals surface area contributed by atoms with Gasteiger partial charge in [-0.1, -0.05) is 243 Å². The zero-order valence-corrected chi connectivity index (χ0v) is 47.5. The van der Waals surface area contributed by atoms with Crippen LogP contribution in [0.2, 0.25) is 0 Å². The average molecular weight is 1110 g/mol. The summed E-state index contributed by atoms with van der Waals surface area (Å²) >= 11 is 16.3. The van der Waals surface area contributed by atoms with Crippen molar-refractivity contribution in [3.63, 3.8) is 0 Å². The number of fused-ring (bicyclic) bond motifs is 1. The molecule has 8 heteroatoms. The zero-order chi connectivity index (χ0) is 50.0. The second-order valence-corrected chi connectivity index (χ2v) is 25.5. The van der Waals surface area contributed by atoms with Gasteiger partial charge in [0.2, 0.25) is 0 Å². The highest BCUT2D eigenvalue weighted by molar-refractivity contribution is 8.05. The minimum Gasteiger partial charge on any atom is -0.119 e. The van der Waals surface area contributed by atoms with Gasteiger partial charge < -0.3 is 0 Å². The molecule has 0 aliphatic carbocycles. The summed E-state index contributed by atoms with van der Waals surface area (Å²) in [7, 11) is 0. The third-order valence-electron chi connectivity index (χ3n) is 12.2. The third kappa shape index (κ3) is 14.4. The Hall–Kier alpha value is -4.74. The number of hydrogen-bond acceptors (Lipinski definition) is 8. The Morgan fingerprint density at radius 3 is 0.405 bits per heavy atom. The van der Waals surface area contributed by atoms with Gasteiger partial charge in [0.15, 0.2) is 0 Å². The molecule has 0 unspecified atom stereocenters. The van der Waals surface area contributed by atoms with Crippen molar-refractivity contribution in [3.8, 4) is 0 Å². The summed E-state index contributed by atoms with van der Waals surface area (Å²) in [5.41, 5.74) is 10.6. The standard InChI is InChI=1S/C66H56S8/c1-9-25-49(26-10-1)41-67-59-57-58(61(69-43-51-29-13-3-14-30-51)64(72-46-54-35-19-6-20-36-54)63(59)71-45-53-33-17-5-18-34-53)62(70-44-52-31-15-4-16-32-52)66(74-48-56-39-23-8-24-40-56)65(73-47-55-37-21-7-22-38-55)60(57)68-42-50-27-11-2-12-28-50/h1-40H,41-48H2. The van der Waals surface area contributed by atoms with Crippen LogP contribution in [0.15, 0.2) is 282 Å². The summed E-state index contributed by atoms with van der Waals surface area (Å²) in [5, 5.41) is 2.80. The van der Waals surface area contributed by atoms with Gasteiger partial charge in [-0.2, -0.15) is 0 Å². The summed E-state index contributed by atoms with van der Waals surface area (Å²) in [4.78, 5) is 11.1. The summed E-state index contributed by atoms with van der Waals surface area (Å²) in [6.07, 6.45) is 0. The highest BCUT2D eigenvalue weighted by atomic mass is 32.2. The summed E-state index contributed by atoms with van der Waals surface area (Å²) < 4.78 is 0. The van der Waals surface area contributed by atoms with Crippen molar-refractivity contribution >= 4 is 105 Å². The van der Waals surface area contributed by atoms with Gasteiger partial charge >= 0.3 is 0 Å². The highest BCUT2D eigenvalue weighted by Gasteiger charge is 2.31. The van der Waals surface area contributed by atoms with Crippen LogP contribution >= 0.6 is 94.1 Å². The molecule has 74 heavy (non-hydrogen) atoms. The lowest BCUT2D eigenvalue weighted by Gasteiger charge is -2.28. The van der Waals surface area contributed by atoms with Gasteiger partial charge in [0.1, 0.15) is 0 Å². The molecule has 368 valence electrons. The van der Waals surface area contributed by atoms with Gasteiger partial charge in [-0.05, 0) is 44.5 Å². The van der Waals surface area contributed by atoms with Gasteiger partial charge in [0, 0.05) is 96.0 Å². The molecule has 0 N–H and O–H groups in total. The first-order chi connectivity index (χ1) is 36.7. The zero-order valence-electron chi connectivity index (χ0n) is 41.0. The summed E-state index contributed by atoms with van der Waals surface area (Å²) in [6.45, 7) is 0. The predicted octanol–water partition coefficient (Wildman–Crippen LogP) is 21.2. The first kappa shape index (κ1) is 52.7. The van der Waals surface area contributed by atoms with E-state index in [0.717, 1.165) is 46.0 Å². The second kappa shape index (κ2) is 27.9. The van der Waals surface area contributed by atoms with E-state index in [1.54, 1.807) is 0 Å². The molecule has 10 rings (SSSR count). The fourth-order valence-electron chi connectivity index (χ4n) is 8.44. The van der Waals surface area contributed by atoms with Crippen molar-refractivity contribution in [2.75, 3.05) is 0 Å². The lowest BCUT2D eigenvalue weighted by atomic mass is 10.1. The van der Waals surface area contributed by atoms with Crippen molar-refractivity contribution in [1.82, 2.24) is 0 Å². The molecular formula is C66H56S8. The van der Waals surface area contributed by atoms with E-state index >= 15 is 0 Å². The fourth-order valence-corrected chi connectivity index (χ4v) is 19.2. The Bertz CT molecular complexity index is 2850. The van der Waals surface area contributed by atoms with Crippen LogP contribution in [-0.4, -0.2) is 0 Å². The van der Waals surface area contributed by atoms with Gasteiger partial charge in [0.25, 0.3) is 0 Å². The van der Waals surface area contributed by atoms with E-state index in [-0.39, 0.29) is 0 Å². The van der Waals surface area contributed by atoms with Gasteiger partial charge in [0.05, 0.1) is 0 Å². The van der Waals surface area contributed by atoms with Crippen LogP contribution in [0.5, 0.6) is 0 Å². The summed E-state index contributed by atoms with van der Waals surface area (Å²) in [6, 6.07) is 88.9. The molecular weight excluding hydrogens is 1050 g/mol. The van der Waals surface area contributed by atoms with E-state index in [2.05, 4.69) is 243 Å². The van der Waals surface area contributed by atoms with Crippen LogP contribution in [0.3, 0.4) is 0 Å². The van der Waals surface area contributed by atoms with E-state index < -0.39 is 0 Å². The van der Waals surface area contributed by atoms with Gasteiger partial charge in [-0.25, -0.2) is 0 Å². The average Bonchev–Trinajstić information content (AvgIpc) is 3.48. The van der Waals surface area contributed by atoms with E-state index in [1.807, 2.05) is 94.1 Å². The smallest absolute Gasteiger partial charge is 0.0366 e. The number of thioether (sulfide) groups is 8. The maximum absolute atomic E-state index is 2.30. The molecule has 0 aromatic heterocycles. The van der Waals surface area contributed by atoms with Crippen LogP contribution < -0.4 is 0 Å². The topological polar surface area (TPSA) is 0 Å². The van der Waals surface area contributed by atoms with Crippen LogP contribution in [0.25, 0.3) is 10.8 Å². The van der Waals surface area contributed by atoms with Crippen molar-refractivity contribution in [2.24, 2.45) is 0 Å². The maximum Gasteiger partial charge on any atom is 0.0366 e. The monoisotopic (exact) mass is 1100 g/mol.